The zero-order chi connectivity index (χ0) is 13.8. The molecular weight excluding hydrogens is 240 g/mol. The summed E-state index contributed by atoms with van der Waals surface area (Å²) in [6, 6.07) is 0.160. The maximum atomic E-state index is 12.4. The van der Waals surface area contributed by atoms with E-state index in [1.807, 2.05) is 0 Å². The zero-order valence-electron chi connectivity index (χ0n) is 12.2. The van der Waals surface area contributed by atoms with Gasteiger partial charge in [-0.25, -0.2) is 0 Å². The van der Waals surface area contributed by atoms with E-state index in [1.54, 1.807) is 4.90 Å². The van der Waals surface area contributed by atoms with Gasteiger partial charge < -0.3 is 5.32 Å². The summed E-state index contributed by atoms with van der Waals surface area (Å²) in [5.74, 6) is 0.0369. The number of rotatable bonds is 4. The number of likely N-dealkylation sites (tertiary alicyclic amines) is 1. The number of carbonyl (C=O) groups excluding carboxylic acids is 2. The van der Waals surface area contributed by atoms with Crippen molar-refractivity contribution < 1.29 is 9.59 Å². The molecular formula is C15H26N2O2. The normalized spacial score (nSPS) is 27.7. The van der Waals surface area contributed by atoms with Crippen LogP contribution in [0.3, 0.4) is 0 Å². The van der Waals surface area contributed by atoms with Gasteiger partial charge in [0.2, 0.25) is 11.8 Å². The Morgan fingerprint density at radius 3 is 2.42 bits per heavy atom. The van der Waals surface area contributed by atoms with E-state index in [9.17, 15) is 9.59 Å². The Bertz CT molecular complexity index is 335. The topological polar surface area (TPSA) is 49.4 Å². The van der Waals surface area contributed by atoms with Crippen molar-refractivity contribution in [3.8, 4) is 0 Å². The Kier molecular flexibility index (Phi) is 4.97. The first-order chi connectivity index (χ1) is 9.13. The maximum absolute atomic E-state index is 12.4. The van der Waals surface area contributed by atoms with Crippen molar-refractivity contribution in [3.63, 3.8) is 0 Å². The average Bonchev–Trinajstić information content (AvgIpc) is 2.62. The van der Waals surface area contributed by atoms with Crippen molar-refractivity contribution in [2.75, 3.05) is 0 Å². The van der Waals surface area contributed by atoms with Crippen molar-refractivity contribution in [2.24, 2.45) is 0 Å². The third-order valence-electron chi connectivity index (χ3n) is 4.47. The van der Waals surface area contributed by atoms with Crippen molar-refractivity contribution in [1.82, 2.24) is 10.2 Å². The van der Waals surface area contributed by atoms with Crippen LogP contribution in [0.1, 0.15) is 65.2 Å². The molecule has 0 spiro atoms. The molecule has 0 aromatic heterocycles. The Labute approximate surface area is 115 Å². The molecule has 0 radical (unpaired) electrons. The van der Waals surface area contributed by atoms with Crippen LogP contribution in [-0.4, -0.2) is 34.8 Å². The van der Waals surface area contributed by atoms with E-state index < -0.39 is 0 Å². The van der Waals surface area contributed by atoms with Crippen LogP contribution in [0.4, 0.5) is 0 Å². The summed E-state index contributed by atoms with van der Waals surface area (Å²) in [6.45, 7) is 4.15. The smallest absolute Gasteiger partial charge is 0.247 e. The van der Waals surface area contributed by atoms with E-state index in [0.717, 1.165) is 32.1 Å². The van der Waals surface area contributed by atoms with Crippen LogP contribution in [-0.2, 0) is 9.59 Å². The van der Waals surface area contributed by atoms with Crippen LogP contribution in [0.2, 0.25) is 0 Å². The van der Waals surface area contributed by atoms with Gasteiger partial charge in [-0.15, -0.1) is 0 Å². The number of amides is 2. The van der Waals surface area contributed by atoms with Gasteiger partial charge in [0.25, 0.3) is 0 Å². The molecule has 1 aliphatic carbocycles. The quantitative estimate of drug-likeness (QED) is 0.627. The van der Waals surface area contributed by atoms with E-state index in [0.29, 0.717) is 6.42 Å². The molecule has 2 atom stereocenters. The molecule has 1 saturated carbocycles. The highest BCUT2D eigenvalue weighted by Gasteiger charge is 2.42. The first-order valence-corrected chi connectivity index (χ1v) is 7.75. The molecule has 1 heterocycles. The van der Waals surface area contributed by atoms with E-state index in [2.05, 4.69) is 19.2 Å². The fourth-order valence-electron chi connectivity index (χ4n) is 3.14. The molecule has 1 aliphatic heterocycles. The summed E-state index contributed by atoms with van der Waals surface area (Å²) in [5.41, 5.74) is 0. The minimum absolute atomic E-state index is 0.0113. The zero-order valence-corrected chi connectivity index (χ0v) is 12.2. The number of carbonyl (C=O) groups is 2. The number of imide groups is 1. The third kappa shape index (κ3) is 3.35. The number of hydrogen-bond acceptors (Lipinski definition) is 3. The molecule has 2 aliphatic rings. The second-order valence-electron chi connectivity index (χ2n) is 5.98. The van der Waals surface area contributed by atoms with Gasteiger partial charge in [-0.1, -0.05) is 32.6 Å². The SMILES string of the molecule is CCC(C)NC1CC(=O)N(C2CCCCCC2)C1=O. The molecule has 0 aromatic rings. The predicted octanol–water partition coefficient (Wildman–Crippen LogP) is 2.22. The summed E-state index contributed by atoms with van der Waals surface area (Å²) in [6.07, 6.45) is 8.07. The summed E-state index contributed by atoms with van der Waals surface area (Å²) in [7, 11) is 0. The van der Waals surface area contributed by atoms with Crippen LogP contribution in [0.5, 0.6) is 0 Å². The molecule has 108 valence electrons. The number of nitrogens with one attached hydrogen (secondary N) is 1. The van der Waals surface area contributed by atoms with Crippen molar-refractivity contribution >= 4 is 11.8 Å². The van der Waals surface area contributed by atoms with Gasteiger partial charge >= 0.3 is 0 Å². The molecule has 1 N–H and O–H groups in total. The minimum Gasteiger partial charge on any atom is -0.303 e. The maximum Gasteiger partial charge on any atom is 0.247 e. The van der Waals surface area contributed by atoms with E-state index in [4.69, 9.17) is 0 Å². The monoisotopic (exact) mass is 266 g/mol. The lowest BCUT2D eigenvalue weighted by Gasteiger charge is -2.26. The first-order valence-electron chi connectivity index (χ1n) is 7.75. The Hall–Kier alpha value is -0.900. The molecule has 0 aromatic carbocycles. The highest BCUT2D eigenvalue weighted by atomic mass is 16.2. The molecule has 4 heteroatoms. The predicted molar refractivity (Wildman–Crippen MR) is 74.6 cm³/mol. The Morgan fingerprint density at radius 1 is 1.21 bits per heavy atom. The van der Waals surface area contributed by atoms with Crippen LogP contribution < -0.4 is 5.32 Å². The highest BCUT2D eigenvalue weighted by Crippen LogP contribution is 2.26. The van der Waals surface area contributed by atoms with Gasteiger partial charge in [-0.05, 0) is 26.2 Å². The van der Waals surface area contributed by atoms with Gasteiger partial charge in [0, 0.05) is 12.1 Å². The second kappa shape index (κ2) is 6.51. The summed E-state index contributed by atoms with van der Waals surface area (Å²) in [4.78, 5) is 26.1. The molecule has 2 fully saturated rings. The summed E-state index contributed by atoms with van der Waals surface area (Å²) >= 11 is 0. The van der Waals surface area contributed by atoms with Gasteiger partial charge in [0.05, 0.1) is 12.5 Å². The molecule has 1 saturated heterocycles. The van der Waals surface area contributed by atoms with Crippen molar-refractivity contribution in [1.29, 1.82) is 0 Å². The average molecular weight is 266 g/mol. The van der Waals surface area contributed by atoms with E-state index in [1.165, 1.54) is 12.8 Å². The highest BCUT2D eigenvalue weighted by molar-refractivity contribution is 6.05. The first kappa shape index (κ1) is 14.5. The van der Waals surface area contributed by atoms with E-state index in [-0.39, 0.29) is 29.9 Å². The molecule has 0 bridgehead atoms. The number of hydrogen-bond donors (Lipinski definition) is 1. The van der Waals surface area contributed by atoms with Crippen molar-refractivity contribution in [3.05, 3.63) is 0 Å². The van der Waals surface area contributed by atoms with Crippen LogP contribution in [0.15, 0.2) is 0 Å². The molecule has 2 amide bonds. The Balaban J connectivity index is 2.00. The van der Waals surface area contributed by atoms with Gasteiger partial charge in [0.15, 0.2) is 0 Å². The largest absolute Gasteiger partial charge is 0.303 e. The lowest BCUT2D eigenvalue weighted by Crippen LogP contribution is -2.45. The van der Waals surface area contributed by atoms with Gasteiger partial charge in [0.1, 0.15) is 0 Å². The van der Waals surface area contributed by atoms with Crippen LogP contribution >= 0.6 is 0 Å². The van der Waals surface area contributed by atoms with Gasteiger partial charge in [-0.2, -0.15) is 0 Å². The fraction of sp³-hybridized carbons (Fsp3) is 0.867. The van der Waals surface area contributed by atoms with Crippen molar-refractivity contribution in [2.45, 2.75) is 83.3 Å². The Morgan fingerprint density at radius 2 is 1.84 bits per heavy atom. The standard InChI is InChI=1S/C15H26N2O2/c1-3-11(2)16-13-10-14(18)17(15(13)19)12-8-6-4-5-7-9-12/h11-13,16H,3-10H2,1-2H3. The fourth-order valence-corrected chi connectivity index (χ4v) is 3.14. The van der Waals surface area contributed by atoms with Gasteiger partial charge in [-0.3, -0.25) is 14.5 Å². The summed E-state index contributed by atoms with van der Waals surface area (Å²) in [5, 5.41) is 3.28. The lowest BCUT2D eigenvalue weighted by atomic mass is 10.1. The molecule has 19 heavy (non-hydrogen) atoms. The molecule has 2 rings (SSSR count). The minimum atomic E-state index is -0.286. The number of nitrogens with zero attached hydrogens (tertiary/aromatic N) is 1. The molecule has 2 unspecified atom stereocenters. The van der Waals surface area contributed by atoms with E-state index >= 15 is 0 Å². The summed E-state index contributed by atoms with van der Waals surface area (Å²) < 4.78 is 0. The second-order valence-corrected chi connectivity index (χ2v) is 5.98. The third-order valence-corrected chi connectivity index (χ3v) is 4.47. The van der Waals surface area contributed by atoms with Crippen LogP contribution in [0.25, 0.3) is 0 Å². The van der Waals surface area contributed by atoms with Crippen LogP contribution in [0, 0.1) is 0 Å². The molecule has 4 nitrogen and oxygen atoms in total. The lowest BCUT2D eigenvalue weighted by molar-refractivity contribution is -0.141.